The van der Waals surface area contributed by atoms with E-state index in [1.54, 1.807) is 41.8 Å². The Morgan fingerprint density at radius 1 is 1.00 bits per heavy atom. The average molecular weight is 365 g/mol. The number of hydrogen-bond donors (Lipinski definition) is 0. The first-order valence-corrected chi connectivity index (χ1v) is 8.55. The van der Waals surface area contributed by atoms with Gasteiger partial charge in [-0.3, -0.25) is 23.1 Å². The highest BCUT2D eigenvalue weighted by Gasteiger charge is 2.22. The van der Waals surface area contributed by atoms with Gasteiger partial charge >= 0.3 is 5.69 Å². The number of Topliss-reactive ketones (excluding diaryl/α,β-unsaturated/α-hetero) is 1. The van der Waals surface area contributed by atoms with Crippen molar-refractivity contribution >= 4 is 22.7 Å². The van der Waals surface area contributed by atoms with Crippen LogP contribution in [0, 0.1) is 13.8 Å². The molecule has 27 heavy (non-hydrogen) atoms. The number of nitrogens with zero attached hydrogens (tertiary/aromatic N) is 5. The Labute approximate surface area is 153 Å². The molecule has 0 amide bonds. The summed E-state index contributed by atoms with van der Waals surface area (Å²) >= 11 is 0. The Balaban J connectivity index is 2.01. The van der Waals surface area contributed by atoms with Crippen molar-refractivity contribution in [2.75, 3.05) is 0 Å². The monoisotopic (exact) mass is 365 g/mol. The molecule has 0 aliphatic carbocycles. The van der Waals surface area contributed by atoms with Crippen LogP contribution in [0.3, 0.4) is 0 Å². The quantitative estimate of drug-likeness (QED) is 0.511. The first-order valence-electron chi connectivity index (χ1n) is 8.55. The molecular formula is C19H19N5O3. The second-order valence-electron chi connectivity index (χ2n) is 6.67. The highest BCUT2D eigenvalue weighted by Crippen LogP contribution is 2.19. The van der Waals surface area contributed by atoms with Crippen LogP contribution < -0.4 is 11.2 Å². The van der Waals surface area contributed by atoms with Crippen LogP contribution in [0.1, 0.15) is 21.7 Å². The fourth-order valence-corrected chi connectivity index (χ4v) is 3.40. The number of fused-ring (bicyclic) bond motifs is 3. The second kappa shape index (κ2) is 5.80. The third-order valence-electron chi connectivity index (χ3n) is 5.18. The summed E-state index contributed by atoms with van der Waals surface area (Å²) in [6, 6.07) is 8.62. The molecule has 0 N–H and O–H groups in total. The predicted molar refractivity (Wildman–Crippen MR) is 101 cm³/mol. The topological polar surface area (TPSA) is 83.3 Å². The molecule has 0 atom stereocenters. The van der Waals surface area contributed by atoms with Crippen LogP contribution in [0.25, 0.3) is 16.9 Å². The Bertz CT molecular complexity index is 1340. The summed E-state index contributed by atoms with van der Waals surface area (Å²) in [6.45, 7) is 3.52. The molecule has 0 saturated heterocycles. The summed E-state index contributed by atoms with van der Waals surface area (Å²) in [5.41, 5.74) is 1.83. The second-order valence-corrected chi connectivity index (χ2v) is 6.67. The number of benzene rings is 1. The molecular weight excluding hydrogens is 346 g/mol. The zero-order chi connectivity index (χ0) is 19.5. The number of aryl methyl sites for hydroxylation is 3. The van der Waals surface area contributed by atoms with Crippen molar-refractivity contribution in [3.05, 3.63) is 68.1 Å². The molecule has 0 aliphatic heterocycles. The smallest absolute Gasteiger partial charge is 0.317 e. The molecule has 4 rings (SSSR count). The standard InChI is InChI=1S/C19H19N5O3/c1-11-12(2)24-15-16(20-18(24)21(11)3)22(4)19(27)23(17(15)26)10-14(25)13-8-6-5-7-9-13/h5-9H,10H2,1-4H3. The molecule has 0 saturated carbocycles. The van der Waals surface area contributed by atoms with Crippen LogP contribution in [-0.4, -0.2) is 28.9 Å². The first-order chi connectivity index (χ1) is 12.8. The summed E-state index contributed by atoms with van der Waals surface area (Å²) < 4.78 is 5.92. The molecule has 3 heterocycles. The van der Waals surface area contributed by atoms with Gasteiger partial charge in [0, 0.05) is 31.0 Å². The van der Waals surface area contributed by atoms with E-state index in [9.17, 15) is 14.4 Å². The third kappa shape index (κ3) is 2.29. The van der Waals surface area contributed by atoms with Gasteiger partial charge in [-0.1, -0.05) is 30.3 Å². The van der Waals surface area contributed by atoms with E-state index in [-0.39, 0.29) is 12.3 Å². The van der Waals surface area contributed by atoms with E-state index in [1.807, 2.05) is 25.5 Å². The van der Waals surface area contributed by atoms with Crippen LogP contribution in [0.5, 0.6) is 0 Å². The Morgan fingerprint density at radius 2 is 1.67 bits per heavy atom. The summed E-state index contributed by atoms with van der Waals surface area (Å²) in [4.78, 5) is 42.9. The van der Waals surface area contributed by atoms with E-state index < -0.39 is 11.2 Å². The van der Waals surface area contributed by atoms with Crippen molar-refractivity contribution in [1.29, 1.82) is 0 Å². The molecule has 0 radical (unpaired) electrons. The lowest BCUT2D eigenvalue weighted by atomic mass is 10.1. The normalized spacial score (nSPS) is 11.6. The summed E-state index contributed by atoms with van der Waals surface area (Å²) in [5, 5.41) is 0. The van der Waals surface area contributed by atoms with Gasteiger partial charge in [0.15, 0.2) is 16.9 Å². The fraction of sp³-hybridized carbons (Fsp3) is 0.263. The van der Waals surface area contributed by atoms with E-state index in [2.05, 4.69) is 4.98 Å². The minimum atomic E-state index is -0.561. The average Bonchev–Trinajstić information content (AvgIpc) is 3.17. The largest absolute Gasteiger partial charge is 0.332 e. The number of carbonyl (C=O) groups is 1. The molecule has 8 nitrogen and oxygen atoms in total. The minimum absolute atomic E-state index is 0.295. The van der Waals surface area contributed by atoms with Gasteiger partial charge in [0.2, 0.25) is 5.78 Å². The van der Waals surface area contributed by atoms with E-state index in [1.165, 1.54) is 4.57 Å². The molecule has 0 unspecified atom stereocenters. The number of aromatic nitrogens is 5. The molecule has 138 valence electrons. The molecule has 0 spiro atoms. The zero-order valence-electron chi connectivity index (χ0n) is 15.6. The molecule has 0 bridgehead atoms. The van der Waals surface area contributed by atoms with Gasteiger partial charge in [-0.05, 0) is 13.8 Å². The maximum Gasteiger partial charge on any atom is 0.332 e. The number of imidazole rings is 2. The van der Waals surface area contributed by atoms with Crippen LogP contribution in [-0.2, 0) is 20.6 Å². The van der Waals surface area contributed by atoms with Crippen molar-refractivity contribution in [3.63, 3.8) is 0 Å². The zero-order valence-corrected chi connectivity index (χ0v) is 15.6. The lowest BCUT2D eigenvalue weighted by molar-refractivity contribution is 0.0969. The van der Waals surface area contributed by atoms with Gasteiger partial charge < -0.3 is 4.57 Å². The van der Waals surface area contributed by atoms with E-state index in [4.69, 9.17) is 0 Å². The highest BCUT2D eigenvalue weighted by molar-refractivity contribution is 5.95. The third-order valence-corrected chi connectivity index (χ3v) is 5.18. The Kier molecular flexibility index (Phi) is 3.66. The highest BCUT2D eigenvalue weighted by atomic mass is 16.2. The molecule has 0 fully saturated rings. The van der Waals surface area contributed by atoms with E-state index >= 15 is 0 Å². The van der Waals surface area contributed by atoms with Gasteiger partial charge in [0.25, 0.3) is 5.56 Å². The molecule has 8 heteroatoms. The molecule has 1 aromatic carbocycles. The van der Waals surface area contributed by atoms with Crippen molar-refractivity contribution < 1.29 is 4.79 Å². The van der Waals surface area contributed by atoms with Gasteiger partial charge in [-0.25, -0.2) is 4.79 Å². The molecule has 4 aromatic rings. The van der Waals surface area contributed by atoms with Gasteiger partial charge in [-0.15, -0.1) is 0 Å². The number of rotatable bonds is 3. The van der Waals surface area contributed by atoms with Crippen LogP contribution in [0.15, 0.2) is 39.9 Å². The maximum atomic E-state index is 13.1. The summed E-state index contributed by atoms with van der Waals surface area (Å²) in [7, 11) is 3.42. The van der Waals surface area contributed by atoms with Crippen molar-refractivity contribution in [2.24, 2.45) is 14.1 Å². The van der Waals surface area contributed by atoms with Crippen molar-refractivity contribution in [1.82, 2.24) is 23.1 Å². The Morgan fingerprint density at radius 3 is 2.33 bits per heavy atom. The minimum Gasteiger partial charge on any atom is -0.317 e. The van der Waals surface area contributed by atoms with Crippen LogP contribution in [0.2, 0.25) is 0 Å². The fourth-order valence-electron chi connectivity index (χ4n) is 3.40. The van der Waals surface area contributed by atoms with Crippen molar-refractivity contribution in [3.8, 4) is 0 Å². The predicted octanol–water partition coefficient (Wildman–Crippen LogP) is 1.19. The molecule has 3 aromatic heterocycles. The van der Waals surface area contributed by atoms with Gasteiger partial charge in [0.1, 0.15) is 0 Å². The van der Waals surface area contributed by atoms with E-state index in [0.717, 1.165) is 16.0 Å². The van der Waals surface area contributed by atoms with E-state index in [0.29, 0.717) is 22.5 Å². The number of carbonyl (C=O) groups excluding carboxylic acids is 1. The lowest BCUT2D eigenvalue weighted by Crippen LogP contribution is -2.41. The number of hydrogen-bond acceptors (Lipinski definition) is 4. The van der Waals surface area contributed by atoms with Crippen LogP contribution in [0.4, 0.5) is 0 Å². The van der Waals surface area contributed by atoms with Crippen molar-refractivity contribution in [2.45, 2.75) is 20.4 Å². The summed E-state index contributed by atoms with van der Waals surface area (Å²) in [6.07, 6.45) is 0. The first kappa shape index (κ1) is 17.0. The SMILES string of the molecule is Cc1c(C)n2c3c(=O)n(CC(=O)c4ccccc4)c(=O)n(C)c3nc2n1C. The summed E-state index contributed by atoms with van der Waals surface area (Å²) in [5.74, 6) is 0.287. The Hall–Kier alpha value is -3.42. The maximum absolute atomic E-state index is 13.1. The lowest BCUT2D eigenvalue weighted by Gasteiger charge is -2.08. The van der Waals surface area contributed by atoms with Gasteiger partial charge in [-0.2, -0.15) is 4.98 Å². The van der Waals surface area contributed by atoms with Crippen LogP contribution >= 0.6 is 0 Å². The molecule has 0 aliphatic rings. The van der Waals surface area contributed by atoms with Gasteiger partial charge in [0.05, 0.1) is 6.54 Å². The number of ketones is 1.